The number of carbonyl (C=O) groups is 3. The quantitative estimate of drug-likeness (QED) is 0.679. The molecule has 0 N–H and O–H groups in total. The van der Waals surface area contributed by atoms with Gasteiger partial charge in [0.15, 0.2) is 0 Å². The van der Waals surface area contributed by atoms with Crippen LogP contribution in [0.4, 0.5) is 0 Å². The van der Waals surface area contributed by atoms with E-state index in [4.69, 9.17) is 4.74 Å². The lowest BCUT2D eigenvalue weighted by Crippen LogP contribution is -2.57. The minimum absolute atomic E-state index is 0.0261. The minimum atomic E-state index is -0.255. The maximum Gasteiger partial charge on any atom is 0.302 e. The number of ketones is 2. The van der Waals surface area contributed by atoms with Crippen LogP contribution in [-0.4, -0.2) is 23.6 Å². The lowest BCUT2D eigenvalue weighted by atomic mass is 9.45. The van der Waals surface area contributed by atoms with Crippen LogP contribution in [0, 0.1) is 34.5 Å². The van der Waals surface area contributed by atoms with E-state index < -0.39 is 0 Å². The smallest absolute Gasteiger partial charge is 0.302 e. The van der Waals surface area contributed by atoms with Crippen LogP contribution in [0.25, 0.3) is 0 Å². The molecule has 4 nitrogen and oxygen atoms in total. The number of ether oxygens (including phenoxy) is 1. The standard InChI is InChI=1S/C21H30O4/c1-12(22)25-14-6-8-20(2)13(10-14)11-17(23)19-15-4-5-18(24)21(15,3)9-7-16(19)20/h13-16,19H,4-11H2,1-3H3/t13-,14-,15-,16-,19-,20+,21+/m1/s1. The first-order valence-electron chi connectivity index (χ1n) is 9.99. The van der Waals surface area contributed by atoms with Crippen LogP contribution in [0.3, 0.4) is 0 Å². The molecule has 4 heteroatoms. The number of esters is 1. The topological polar surface area (TPSA) is 60.4 Å². The van der Waals surface area contributed by atoms with E-state index in [9.17, 15) is 14.4 Å². The number of Topliss-reactive ketones (excluding diaryl/α,β-unsaturated/α-hetero) is 2. The van der Waals surface area contributed by atoms with E-state index in [0.717, 1.165) is 38.5 Å². The molecule has 0 aromatic carbocycles. The lowest BCUT2D eigenvalue weighted by molar-refractivity contribution is -0.166. The van der Waals surface area contributed by atoms with Gasteiger partial charge in [-0.1, -0.05) is 13.8 Å². The van der Waals surface area contributed by atoms with Crippen molar-refractivity contribution in [2.24, 2.45) is 34.5 Å². The lowest BCUT2D eigenvalue weighted by Gasteiger charge is -2.59. The molecule has 138 valence electrons. The Morgan fingerprint density at radius 2 is 1.84 bits per heavy atom. The molecule has 0 amide bonds. The molecule has 4 saturated carbocycles. The number of rotatable bonds is 1. The number of hydrogen-bond acceptors (Lipinski definition) is 4. The largest absolute Gasteiger partial charge is 0.463 e. The first-order valence-corrected chi connectivity index (χ1v) is 9.99. The Labute approximate surface area is 150 Å². The highest BCUT2D eigenvalue weighted by Crippen LogP contribution is 2.64. The van der Waals surface area contributed by atoms with Crippen molar-refractivity contribution in [1.82, 2.24) is 0 Å². The molecule has 0 spiro atoms. The van der Waals surface area contributed by atoms with Crippen LogP contribution in [0.2, 0.25) is 0 Å². The maximum absolute atomic E-state index is 13.1. The van der Waals surface area contributed by atoms with E-state index in [2.05, 4.69) is 13.8 Å². The van der Waals surface area contributed by atoms with Crippen molar-refractivity contribution in [3.8, 4) is 0 Å². The van der Waals surface area contributed by atoms with Crippen LogP contribution in [-0.2, 0) is 19.1 Å². The normalized spacial score (nSPS) is 49.2. The summed E-state index contributed by atoms with van der Waals surface area (Å²) in [5, 5.41) is 0. The second kappa shape index (κ2) is 5.65. The van der Waals surface area contributed by atoms with Crippen molar-refractivity contribution >= 4 is 17.5 Å². The molecule has 0 radical (unpaired) electrons. The highest BCUT2D eigenvalue weighted by Gasteiger charge is 2.62. The minimum Gasteiger partial charge on any atom is -0.463 e. The number of carbonyl (C=O) groups excluding carboxylic acids is 3. The third kappa shape index (κ3) is 2.43. The van der Waals surface area contributed by atoms with Crippen LogP contribution in [0.1, 0.15) is 72.1 Å². The van der Waals surface area contributed by atoms with E-state index in [1.807, 2.05) is 0 Å². The molecule has 0 unspecified atom stereocenters. The van der Waals surface area contributed by atoms with Crippen molar-refractivity contribution in [2.75, 3.05) is 0 Å². The third-order valence-electron chi connectivity index (χ3n) is 8.46. The first kappa shape index (κ1) is 17.2. The van der Waals surface area contributed by atoms with Gasteiger partial charge in [0.25, 0.3) is 0 Å². The van der Waals surface area contributed by atoms with Gasteiger partial charge in [0.1, 0.15) is 17.7 Å². The highest BCUT2D eigenvalue weighted by atomic mass is 16.5. The summed E-state index contributed by atoms with van der Waals surface area (Å²) in [6.07, 6.45) is 6.85. The molecule has 0 saturated heterocycles. The predicted octanol–water partition coefficient (Wildman–Crippen LogP) is 3.71. The van der Waals surface area contributed by atoms with Crippen LogP contribution in [0.15, 0.2) is 0 Å². The van der Waals surface area contributed by atoms with Gasteiger partial charge < -0.3 is 4.74 Å². The summed E-state index contributed by atoms with van der Waals surface area (Å²) in [5.74, 6) is 1.61. The van der Waals surface area contributed by atoms with E-state index in [-0.39, 0.29) is 34.7 Å². The van der Waals surface area contributed by atoms with Gasteiger partial charge in [0.05, 0.1) is 0 Å². The molecule has 4 rings (SSSR count). The monoisotopic (exact) mass is 346 g/mol. The van der Waals surface area contributed by atoms with E-state index in [1.54, 1.807) is 0 Å². The predicted molar refractivity (Wildman–Crippen MR) is 92.7 cm³/mol. The molecule has 0 aromatic heterocycles. The van der Waals surface area contributed by atoms with E-state index in [0.29, 0.717) is 36.2 Å². The Morgan fingerprint density at radius 1 is 1.08 bits per heavy atom. The maximum atomic E-state index is 13.1. The number of hydrogen-bond donors (Lipinski definition) is 0. The summed E-state index contributed by atoms with van der Waals surface area (Å²) in [6, 6.07) is 0. The van der Waals surface area contributed by atoms with Crippen molar-refractivity contribution in [1.29, 1.82) is 0 Å². The molecule has 4 fully saturated rings. The summed E-state index contributed by atoms with van der Waals surface area (Å²) < 4.78 is 5.46. The molecule has 4 aliphatic carbocycles. The molecule has 4 aliphatic rings. The first-order chi connectivity index (χ1) is 11.8. The van der Waals surface area contributed by atoms with Crippen molar-refractivity contribution in [3.05, 3.63) is 0 Å². The van der Waals surface area contributed by atoms with Gasteiger partial charge in [-0.15, -0.1) is 0 Å². The average Bonchev–Trinajstić information content (AvgIpc) is 2.84. The van der Waals surface area contributed by atoms with Crippen molar-refractivity contribution < 1.29 is 19.1 Å². The Kier molecular flexibility index (Phi) is 3.90. The van der Waals surface area contributed by atoms with Gasteiger partial charge in [-0.2, -0.15) is 0 Å². The summed E-state index contributed by atoms with van der Waals surface area (Å²) in [5.41, 5.74) is -0.100. The Bertz CT molecular complexity index is 625. The molecule has 25 heavy (non-hydrogen) atoms. The van der Waals surface area contributed by atoms with Crippen molar-refractivity contribution in [2.45, 2.75) is 78.2 Å². The fourth-order valence-corrected chi connectivity index (χ4v) is 7.01. The second-order valence-electron chi connectivity index (χ2n) is 9.54. The Morgan fingerprint density at radius 3 is 2.56 bits per heavy atom. The van der Waals surface area contributed by atoms with Crippen molar-refractivity contribution in [3.63, 3.8) is 0 Å². The van der Waals surface area contributed by atoms with Gasteiger partial charge in [-0.3, -0.25) is 14.4 Å². The van der Waals surface area contributed by atoms with Gasteiger partial charge in [-0.25, -0.2) is 0 Å². The molecule has 7 atom stereocenters. The van der Waals surface area contributed by atoms with Crippen LogP contribution < -0.4 is 0 Å². The molecular weight excluding hydrogens is 316 g/mol. The zero-order valence-electron chi connectivity index (χ0n) is 15.7. The van der Waals surface area contributed by atoms with Gasteiger partial charge >= 0.3 is 5.97 Å². The second-order valence-corrected chi connectivity index (χ2v) is 9.54. The molecule has 0 aromatic rings. The zero-order chi connectivity index (χ0) is 18.0. The van der Waals surface area contributed by atoms with Gasteiger partial charge in [0, 0.05) is 31.1 Å². The Hall–Kier alpha value is -1.19. The molecule has 0 aliphatic heterocycles. The van der Waals surface area contributed by atoms with Crippen LogP contribution in [0.5, 0.6) is 0 Å². The summed E-state index contributed by atoms with van der Waals surface area (Å²) >= 11 is 0. The fourth-order valence-electron chi connectivity index (χ4n) is 7.01. The summed E-state index contributed by atoms with van der Waals surface area (Å²) in [4.78, 5) is 36.9. The molecular formula is C21H30O4. The average molecular weight is 346 g/mol. The number of fused-ring (bicyclic) bond motifs is 5. The SMILES string of the molecule is CC(=O)O[C@@H]1CC[C@@]2(C)[C@@H](CC(=O)[C@H]3[C@H]2CC[C@]2(C)C(=O)CC[C@H]32)C1. The fraction of sp³-hybridized carbons (Fsp3) is 0.857. The zero-order valence-corrected chi connectivity index (χ0v) is 15.7. The van der Waals surface area contributed by atoms with E-state index >= 15 is 0 Å². The van der Waals surface area contributed by atoms with Crippen LogP contribution >= 0.6 is 0 Å². The van der Waals surface area contributed by atoms with Gasteiger partial charge in [-0.05, 0) is 61.7 Å². The summed E-state index contributed by atoms with van der Waals surface area (Å²) in [7, 11) is 0. The third-order valence-corrected chi connectivity index (χ3v) is 8.46. The highest BCUT2D eigenvalue weighted by molar-refractivity contribution is 5.90. The van der Waals surface area contributed by atoms with Gasteiger partial charge in [0.2, 0.25) is 0 Å². The Balaban J connectivity index is 1.60. The molecule has 0 heterocycles. The van der Waals surface area contributed by atoms with E-state index in [1.165, 1.54) is 6.92 Å². The summed E-state index contributed by atoms with van der Waals surface area (Å²) in [6.45, 7) is 5.95. The molecule has 0 bridgehead atoms.